The SMILES string of the molecule is Nc1ncnc2n[nH]c(-c3ccc(Oc4ccccc4[N+](=O)[O-])cc3)c12. The number of ether oxygens (including phenoxy) is 1. The second-order valence-electron chi connectivity index (χ2n) is 5.41. The van der Waals surface area contributed by atoms with E-state index in [1.165, 1.54) is 12.4 Å². The third-order valence-electron chi connectivity index (χ3n) is 3.81. The molecule has 4 aromatic rings. The number of fused-ring (bicyclic) bond motifs is 1. The van der Waals surface area contributed by atoms with E-state index in [9.17, 15) is 10.1 Å². The van der Waals surface area contributed by atoms with E-state index < -0.39 is 4.92 Å². The number of anilines is 1. The Labute approximate surface area is 146 Å². The summed E-state index contributed by atoms with van der Waals surface area (Å²) in [4.78, 5) is 18.6. The van der Waals surface area contributed by atoms with Crippen LogP contribution in [0.1, 0.15) is 0 Å². The first-order valence-electron chi connectivity index (χ1n) is 7.60. The van der Waals surface area contributed by atoms with Crippen molar-refractivity contribution in [3.63, 3.8) is 0 Å². The Hall–Kier alpha value is -4.01. The number of hydrogen-bond acceptors (Lipinski definition) is 7. The van der Waals surface area contributed by atoms with Crippen LogP contribution in [-0.4, -0.2) is 25.1 Å². The van der Waals surface area contributed by atoms with Crippen molar-refractivity contribution in [2.75, 3.05) is 5.73 Å². The van der Waals surface area contributed by atoms with Crippen LogP contribution in [0.2, 0.25) is 0 Å². The van der Waals surface area contributed by atoms with Crippen molar-refractivity contribution in [2.24, 2.45) is 0 Å². The summed E-state index contributed by atoms with van der Waals surface area (Å²) < 4.78 is 5.64. The molecule has 26 heavy (non-hydrogen) atoms. The fourth-order valence-electron chi connectivity index (χ4n) is 2.60. The smallest absolute Gasteiger partial charge is 0.311 e. The molecule has 0 amide bonds. The number of nitrogens with zero attached hydrogens (tertiary/aromatic N) is 4. The monoisotopic (exact) mass is 348 g/mol. The molecule has 0 atom stereocenters. The highest BCUT2D eigenvalue weighted by molar-refractivity contribution is 5.97. The molecule has 0 spiro atoms. The van der Waals surface area contributed by atoms with Crippen molar-refractivity contribution in [2.45, 2.75) is 0 Å². The number of H-pyrrole nitrogens is 1. The summed E-state index contributed by atoms with van der Waals surface area (Å²) in [6, 6.07) is 13.2. The van der Waals surface area contributed by atoms with Gasteiger partial charge < -0.3 is 10.5 Å². The number of nitrogens with two attached hydrogens (primary N) is 1. The first-order valence-corrected chi connectivity index (χ1v) is 7.60. The predicted molar refractivity (Wildman–Crippen MR) is 94.7 cm³/mol. The highest BCUT2D eigenvalue weighted by Crippen LogP contribution is 2.33. The van der Waals surface area contributed by atoms with E-state index in [0.29, 0.717) is 28.3 Å². The van der Waals surface area contributed by atoms with Gasteiger partial charge in [-0.3, -0.25) is 15.2 Å². The summed E-state index contributed by atoms with van der Waals surface area (Å²) in [5.74, 6) is 0.977. The Morgan fingerprint density at radius 3 is 2.62 bits per heavy atom. The third kappa shape index (κ3) is 2.67. The minimum atomic E-state index is -0.483. The van der Waals surface area contributed by atoms with Gasteiger partial charge in [0.1, 0.15) is 17.9 Å². The van der Waals surface area contributed by atoms with Crippen molar-refractivity contribution in [1.29, 1.82) is 0 Å². The van der Waals surface area contributed by atoms with E-state index >= 15 is 0 Å². The van der Waals surface area contributed by atoms with Crippen LogP contribution >= 0.6 is 0 Å². The van der Waals surface area contributed by atoms with E-state index in [4.69, 9.17) is 10.5 Å². The lowest BCUT2D eigenvalue weighted by atomic mass is 10.1. The van der Waals surface area contributed by atoms with E-state index in [1.54, 1.807) is 42.5 Å². The lowest BCUT2D eigenvalue weighted by Gasteiger charge is -2.07. The summed E-state index contributed by atoms with van der Waals surface area (Å²) in [6.45, 7) is 0. The lowest BCUT2D eigenvalue weighted by molar-refractivity contribution is -0.385. The number of para-hydroxylation sites is 2. The lowest BCUT2D eigenvalue weighted by Crippen LogP contribution is -1.93. The van der Waals surface area contributed by atoms with E-state index in [1.807, 2.05) is 0 Å². The zero-order chi connectivity index (χ0) is 18.1. The molecule has 0 saturated carbocycles. The molecule has 3 N–H and O–H groups in total. The Morgan fingerprint density at radius 1 is 1.08 bits per heavy atom. The molecule has 0 bridgehead atoms. The molecule has 0 unspecified atom stereocenters. The predicted octanol–water partition coefficient (Wildman–Crippen LogP) is 3.30. The van der Waals surface area contributed by atoms with Gasteiger partial charge in [-0.25, -0.2) is 9.97 Å². The number of rotatable bonds is 4. The molecule has 0 aliphatic carbocycles. The summed E-state index contributed by atoms with van der Waals surface area (Å²) >= 11 is 0. The molecular formula is C17H12N6O3. The molecule has 0 fully saturated rings. The highest BCUT2D eigenvalue weighted by Gasteiger charge is 2.15. The molecule has 9 heteroatoms. The highest BCUT2D eigenvalue weighted by atomic mass is 16.6. The van der Waals surface area contributed by atoms with E-state index in [0.717, 1.165) is 5.56 Å². The van der Waals surface area contributed by atoms with Crippen molar-refractivity contribution < 1.29 is 9.66 Å². The van der Waals surface area contributed by atoms with Gasteiger partial charge in [0, 0.05) is 11.6 Å². The molecule has 128 valence electrons. The fraction of sp³-hybridized carbons (Fsp3) is 0. The number of nitro groups is 1. The molecule has 2 heterocycles. The number of benzene rings is 2. The van der Waals surface area contributed by atoms with Gasteiger partial charge in [0.25, 0.3) is 0 Å². The number of hydrogen-bond donors (Lipinski definition) is 2. The molecule has 2 aromatic heterocycles. The van der Waals surface area contributed by atoms with Crippen molar-refractivity contribution in [3.8, 4) is 22.8 Å². The second kappa shape index (κ2) is 6.13. The molecule has 0 radical (unpaired) electrons. The standard InChI is InChI=1S/C17H12N6O3/c18-16-14-15(21-22-17(14)20-9-19-16)10-5-7-11(8-6-10)26-13-4-2-1-3-12(13)23(24)25/h1-9H,(H3,18,19,20,21,22). The van der Waals surface area contributed by atoms with Gasteiger partial charge >= 0.3 is 5.69 Å². The van der Waals surface area contributed by atoms with Crippen LogP contribution in [0.5, 0.6) is 11.5 Å². The van der Waals surface area contributed by atoms with Crippen LogP contribution in [0.3, 0.4) is 0 Å². The quantitative estimate of drug-likeness (QED) is 0.427. The van der Waals surface area contributed by atoms with Gasteiger partial charge in [-0.05, 0) is 30.3 Å². The minimum Gasteiger partial charge on any atom is -0.450 e. The van der Waals surface area contributed by atoms with Crippen LogP contribution in [0, 0.1) is 10.1 Å². The molecule has 2 aromatic carbocycles. The Kier molecular flexibility index (Phi) is 3.66. The number of nitro benzene ring substituents is 1. The van der Waals surface area contributed by atoms with Crippen LogP contribution in [0.4, 0.5) is 11.5 Å². The van der Waals surface area contributed by atoms with Gasteiger partial charge in [0.05, 0.1) is 16.0 Å². The summed E-state index contributed by atoms with van der Waals surface area (Å²) in [5, 5.41) is 18.7. The van der Waals surface area contributed by atoms with Gasteiger partial charge in [-0.1, -0.05) is 12.1 Å². The summed E-state index contributed by atoms with van der Waals surface area (Å²) in [5.41, 5.74) is 7.80. The van der Waals surface area contributed by atoms with E-state index in [-0.39, 0.29) is 11.4 Å². The van der Waals surface area contributed by atoms with Crippen molar-refractivity contribution >= 4 is 22.5 Å². The zero-order valence-electron chi connectivity index (χ0n) is 13.3. The van der Waals surface area contributed by atoms with E-state index in [2.05, 4.69) is 20.2 Å². The Bertz CT molecular complexity index is 1110. The topological polar surface area (TPSA) is 133 Å². The molecule has 0 aliphatic rings. The third-order valence-corrected chi connectivity index (χ3v) is 3.81. The van der Waals surface area contributed by atoms with Gasteiger partial charge in [-0.15, -0.1) is 0 Å². The average molecular weight is 348 g/mol. The number of aromatic amines is 1. The van der Waals surface area contributed by atoms with Gasteiger partial charge in [0.2, 0.25) is 5.75 Å². The Morgan fingerprint density at radius 2 is 1.85 bits per heavy atom. The molecule has 0 aliphatic heterocycles. The van der Waals surface area contributed by atoms with Crippen molar-refractivity contribution in [3.05, 3.63) is 65.0 Å². The first-order chi connectivity index (χ1) is 12.6. The second-order valence-corrected chi connectivity index (χ2v) is 5.41. The number of aromatic nitrogens is 4. The van der Waals surface area contributed by atoms with Crippen molar-refractivity contribution in [1.82, 2.24) is 20.2 Å². The molecule has 0 saturated heterocycles. The Balaban J connectivity index is 1.66. The van der Waals surface area contributed by atoms with Gasteiger partial charge in [-0.2, -0.15) is 5.10 Å². The summed E-state index contributed by atoms with van der Waals surface area (Å²) in [7, 11) is 0. The maximum absolute atomic E-state index is 11.1. The molecule has 4 rings (SSSR count). The average Bonchev–Trinajstić information content (AvgIpc) is 3.08. The van der Waals surface area contributed by atoms with Crippen LogP contribution in [0.15, 0.2) is 54.9 Å². The molecular weight excluding hydrogens is 336 g/mol. The fourth-order valence-corrected chi connectivity index (χ4v) is 2.60. The van der Waals surface area contributed by atoms with Crippen LogP contribution in [-0.2, 0) is 0 Å². The van der Waals surface area contributed by atoms with Crippen LogP contribution < -0.4 is 10.5 Å². The summed E-state index contributed by atoms with van der Waals surface area (Å²) in [6.07, 6.45) is 1.35. The number of nitrogens with one attached hydrogen (secondary N) is 1. The normalized spacial score (nSPS) is 10.8. The largest absolute Gasteiger partial charge is 0.450 e. The minimum absolute atomic E-state index is 0.0962. The zero-order valence-corrected chi connectivity index (χ0v) is 13.3. The maximum atomic E-state index is 11.1. The number of nitrogen functional groups attached to an aromatic ring is 1. The van der Waals surface area contributed by atoms with Gasteiger partial charge in [0.15, 0.2) is 5.65 Å². The first kappa shape index (κ1) is 15.5. The molecule has 9 nitrogen and oxygen atoms in total. The maximum Gasteiger partial charge on any atom is 0.311 e. The van der Waals surface area contributed by atoms with Crippen LogP contribution in [0.25, 0.3) is 22.3 Å².